The predicted molar refractivity (Wildman–Crippen MR) is 115 cm³/mol. The zero-order valence-electron chi connectivity index (χ0n) is 17.3. The van der Waals surface area contributed by atoms with Crippen molar-refractivity contribution >= 4 is 0 Å². The summed E-state index contributed by atoms with van der Waals surface area (Å²) in [6.45, 7) is 2.57. The third-order valence-corrected chi connectivity index (χ3v) is 6.98. The lowest BCUT2D eigenvalue weighted by Gasteiger charge is -2.52. The van der Waals surface area contributed by atoms with Gasteiger partial charge in [0.1, 0.15) is 17.2 Å². The molecular weight excluding hydrogens is 377 g/mol. The van der Waals surface area contributed by atoms with Crippen LogP contribution in [-0.4, -0.2) is 32.6 Å². The van der Waals surface area contributed by atoms with Gasteiger partial charge in [0.25, 0.3) is 0 Å². The summed E-state index contributed by atoms with van der Waals surface area (Å²) < 4.78 is 15.6. The Morgan fingerprint density at radius 3 is 2.43 bits per heavy atom. The molecule has 3 aromatic rings. The quantitative estimate of drug-likeness (QED) is 0.702. The Balaban J connectivity index is 1.37. The molecule has 2 bridgehead atoms. The Morgan fingerprint density at radius 2 is 1.77 bits per heavy atom. The van der Waals surface area contributed by atoms with Crippen molar-refractivity contribution in [3.8, 4) is 11.1 Å². The topological polar surface area (TPSA) is 41.3 Å². The van der Waals surface area contributed by atoms with E-state index in [9.17, 15) is 9.50 Å². The third-order valence-electron chi connectivity index (χ3n) is 6.98. The number of likely N-dealkylation sites (tertiary alicyclic amines) is 1. The molecular formula is C25H28FN3O. The van der Waals surface area contributed by atoms with E-state index in [2.05, 4.69) is 22.0 Å². The highest BCUT2D eigenvalue weighted by Crippen LogP contribution is 2.48. The van der Waals surface area contributed by atoms with Crippen LogP contribution in [-0.2, 0) is 19.2 Å². The first-order valence-electron chi connectivity index (χ1n) is 10.8. The van der Waals surface area contributed by atoms with Crippen LogP contribution in [0.4, 0.5) is 4.39 Å². The van der Waals surface area contributed by atoms with E-state index in [-0.39, 0.29) is 17.7 Å². The molecule has 2 fully saturated rings. The van der Waals surface area contributed by atoms with Crippen molar-refractivity contribution in [1.82, 2.24) is 14.5 Å². The average molecular weight is 406 g/mol. The molecule has 0 amide bonds. The normalized spacial score (nSPS) is 26.6. The Morgan fingerprint density at radius 1 is 1.07 bits per heavy atom. The molecule has 1 saturated heterocycles. The van der Waals surface area contributed by atoms with Crippen molar-refractivity contribution < 1.29 is 9.50 Å². The molecule has 156 valence electrons. The third kappa shape index (κ3) is 3.36. The second-order valence-electron chi connectivity index (χ2n) is 8.92. The van der Waals surface area contributed by atoms with Gasteiger partial charge in [-0.25, -0.2) is 9.37 Å². The molecule has 2 aliphatic rings. The van der Waals surface area contributed by atoms with Crippen LogP contribution >= 0.6 is 0 Å². The van der Waals surface area contributed by atoms with Gasteiger partial charge in [-0.1, -0.05) is 36.8 Å². The van der Waals surface area contributed by atoms with Gasteiger partial charge in [-0.15, -0.1) is 0 Å². The number of aromatic nitrogens is 2. The maximum Gasteiger partial charge on any atom is 0.141 e. The van der Waals surface area contributed by atoms with Gasteiger partial charge in [0, 0.05) is 50.9 Å². The molecule has 3 atom stereocenters. The summed E-state index contributed by atoms with van der Waals surface area (Å²) in [6.07, 6.45) is 6.94. The number of imidazole rings is 1. The molecule has 4 nitrogen and oxygen atoms in total. The molecule has 1 aliphatic carbocycles. The fraction of sp³-hybridized carbons (Fsp3) is 0.400. The number of nitrogens with zero attached hydrogens (tertiary/aromatic N) is 3. The number of rotatable bonds is 4. The summed E-state index contributed by atoms with van der Waals surface area (Å²) >= 11 is 0. The standard InChI is InChI=1S/C25H28FN3O/c1-28-12-11-27-24(28)25(30)21-8-4-9-22(25)17-29(16-21)15-18-5-2-6-19(13-18)20-7-3-10-23(26)14-20/h2-3,5-7,10-14,21-22,30H,4,8-9,15-17H2,1H3/t21-,22+,25?. The average Bonchev–Trinajstić information content (AvgIpc) is 3.16. The summed E-state index contributed by atoms with van der Waals surface area (Å²) in [5, 5.41) is 11.7. The summed E-state index contributed by atoms with van der Waals surface area (Å²) in [6, 6.07) is 15.1. The maximum absolute atomic E-state index is 13.6. The number of halogens is 1. The lowest BCUT2D eigenvalue weighted by atomic mass is 9.65. The molecule has 1 saturated carbocycles. The Kier molecular flexibility index (Phi) is 4.95. The van der Waals surface area contributed by atoms with E-state index in [1.165, 1.54) is 18.1 Å². The van der Waals surface area contributed by atoms with E-state index in [0.29, 0.717) is 0 Å². The van der Waals surface area contributed by atoms with Crippen LogP contribution in [0, 0.1) is 17.7 Å². The van der Waals surface area contributed by atoms with Crippen LogP contribution in [0.1, 0.15) is 30.7 Å². The van der Waals surface area contributed by atoms with E-state index < -0.39 is 5.60 Å². The molecule has 1 unspecified atom stereocenters. The SMILES string of the molecule is Cn1ccnc1C1(O)[C@@H]2CCC[C@H]1CN(Cc1cccc(-c3cccc(F)c3)c1)C2. The van der Waals surface area contributed by atoms with Crippen LogP contribution in [0.5, 0.6) is 0 Å². The van der Waals surface area contributed by atoms with E-state index in [1.807, 2.05) is 36.0 Å². The highest BCUT2D eigenvalue weighted by Gasteiger charge is 2.53. The number of piperidine rings is 1. The fourth-order valence-corrected chi connectivity index (χ4v) is 5.56. The minimum Gasteiger partial charge on any atom is -0.381 e. The summed E-state index contributed by atoms with van der Waals surface area (Å²) in [7, 11) is 1.97. The highest BCUT2D eigenvalue weighted by atomic mass is 19.1. The second kappa shape index (κ2) is 7.64. The second-order valence-corrected chi connectivity index (χ2v) is 8.92. The van der Waals surface area contributed by atoms with Gasteiger partial charge in [-0.3, -0.25) is 4.90 Å². The van der Waals surface area contributed by atoms with Crippen molar-refractivity contribution in [3.63, 3.8) is 0 Å². The van der Waals surface area contributed by atoms with Gasteiger partial charge in [0.05, 0.1) is 0 Å². The minimum absolute atomic E-state index is 0.192. The molecule has 0 spiro atoms. The molecule has 2 heterocycles. The van der Waals surface area contributed by atoms with E-state index >= 15 is 0 Å². The maximum atomic E-state index is 13.6. The first-order valence-corrected chi connectivity index (χ1v) is 10.8. The number of hydrogen-bond acceptors (Lipinski definition) is 3. The zero-order chi connectivity index (χ0) is 20.7. The van der Waals surface area contributed by atoms with Crippen molar-refractivity contribution in [1.29, 1.82) is 0 Å². The van der Waals surface area contributed by atoms with Gasteiger partial charge in [-0.2, -0.15) is 0 Å². The zero-order valence-corrected chi connectivity index (χ0v) is 17.3. The summed E-state index contributed by atoms with van der Waals surface area (Å²) in [4.78, 5) is 6.99. The monoisotopic (exact) mass is 405 g/mol. The fourth-order valence-electron chi connectivity index (χ4n) is 5.56. The van der Waals surface area contributed by atoms with E-state index in [0.717, 1.165) is 49.4 Å². The van der Waals surface area contributed by atoms with Crippen LogP contribution in [0.3, 0.4) is 0 Å². The molecule has 5 rings (SSSR count). The first-order chi connectivity index (χ1) is 14.5. The number of fused-ring (bicyclic) bond motifs is 2. The smallest absolute Gasteiger partial charge is 0.141 e. The number of hydrogen-bond donors (Lipinski definition) is 1. The Bertz CT molecular complexity index is 1030. The molecule has 5 heteroatoms. The molecule has 1 N–H and O–H groups in total. The summed E-state index contributed by atoms with van der Waals surface area (Å²) in [5.74, 6) is 0.982. The van der Waals surface area contributed by atoms with Gasteiger partial charge < -0.3 is 9.67 Å². The molecule has 1 aliphatic heterocycles. The van der Waals surface area contributed by atoms with Gasteiger partial charge in [0.2, 0.25) is 0 Å². The van der Waals surface area contributed by atoms with E-state index in [1.54, 1.807) is 18.3 Å². The molecule has 0 radical (unpaired) electrons. The van der Waals surface area contributed by atoms with Crippen molar-refractivity contribution in [2.45, 2.75) is 31.4 Å². The number of benzene rings is 2. The molecule has 1 aromatic heterocycles. The number of aryl methyl sites for hydroxylation is 1. The highest BCUT2D eigenvalue weighted by molar-refractivity contribution is 5.64. The number of aliphatic hydroxyl groups is 1. The van der Waals surface area contributed by atoms with Crippen LogP contribution in [0.2, 0.25) is 0 Å². The minimum atomic E-state index is -0.837. The molecule has 30 heavy (non-hydrogen) atoms. The van der Waals surface area contributed by atoms with Crippen molar-refractivity contribution in [2.75, 3.05) is 13.1 Å². The lowest BCUT2D eigenvalue weighted by molar-refractivity contribution is -0.155. The molecule has 2 aromatic carbocycles. The van der Waals surface area contributed by atoms with Crippen LogP contribution in [0.15, 0.2) is 60.9 Å². The first kappa shape index (κ1) is 19.5. The Labute approximate surface area is 177 Å². The Hall–Kier alpha value is -2.50. The van der Waals surface area contributed by atoms with Crippen LogP contribution < -0.4 is 0 Å². The lowest BCUT2D eigenvalue weighted by Crippen LogP contribution is -2.58. The van der Waals surface area contributed by atoms with Crippen molar-refractivity contribution in [3.05, 3.63) is 78.1 Å². The van der Waals surface area contributed by atoms with Gasteiger partial charge >= 0.3 is 0 Å². The van der Waals surface area contributed by atoms with Gasteiger partial charge in [0.15, 0.2) is 0 Å². The van der Waals surface area contributed by atoms with Crippen LogP contribution in [0.25, 0.3) is 11.1 Å². The summed E-state index contributed by atoms with van der Waals surface area (Å²) in [5.41, 5.74) is 2.32. The van der Waals surface area contributed by atoms with Crippen molar-refractivity contribution in [2.24, 2.45) is 18.9 Å². The largest absolute Gasteiger partial charge is 0.381 e. The predicted octanol–water partition coefficient (Wildman–Crippen LogP) is 4.35. The van der Waals surface area contributed by atoms with E-state index in [4.69, 9.17) is 0 Å². The van der Waals surface area contributed by atoms with Gasteiger partial charge in [-0.05, 0) is 47.7 Å².